The number of benzene rings is 1. The molecule has 0 atom stereocenters. The number of anilines is 1. The van der Waals surface area contributed by atoms with Gasteiger partial charge in [-0.15, -0.1) is 11.3 Å². The van der Waals surface area contributed by atoms with Gasteiger partial charge in [-0.3, -0.25) is 4.79 Å². The van der Waals surface area contributed by atoms with E-state index in [0.717, 1.165) is 29.3 Å². The molecular formula is C16H14FN3O4S2. The molecule has 10 heteroatoms. The minimum absolute atomic E-state index is 0.0192. The highest BCUT2D eigenvalue weighted by molar-refractivity contribution is 7.90. The van der Waals surface area contributed by atoms with Gasteiger partial charge in [-0.1, -0.05) is 11.2 Å². The summed E-state index contributed by atoms with van der Waals surface area (Å²) in [7, 11) is -3.50. The topological polar surface area (TPSA) is 102 Å². The number of nitrogens with one attached hydrogen (secondary N) is 1. The molecule has 1 aromatic carbocycles. The van der Waals surface area contributed by atoms with E-state index in [9.17, 15) is 17.6 Å². The van der Waals surface area contributed by atoms with Crippen molar-refractivity contribution in [2.45, 2.75) is 17.7 Å². The Morgan fingerprint density at radius 2 is 2.15 bits per heavy atom. The zero-order valence-electron chi connectivity index (χ0n) is 13.6. The largest absolute Gasteiger partial charge is 0.339 e. The maximum atomic E-state index is 13.8. The second kappa shape index (κ2) is 7.34. The SMILES string of the molecule is CS(=O)(=O)c1ccc(F)c(NC(=O)CCc2nc(-c3cccs3)no2)c1. The highest BCUT2D eigenvalue weighted by atomic mass is 32.2. The van der Waals surface area contributed by atoms with Crippen molar-refractivity contribution in [3.63, 3.8) is 0 Å². The number of carbonyl (C=O) groups excluding carboxylic acids is 1. The lowest BCUT2D eigenvalue weighted by Gasteiger charge is -2.07. The van der Waals surface area contributed by atoms with Crippen molar-refractivity contribution in [3.05, 3.63) is 47.4 Å². The van der Waals surface area contributed by atoms with E-state index >= 15 is 0 Å². The third-order valence-electron chi connectivity index (χ3n) is 3.42. The van der Waals surface area contributed by atoms with E-state index in [1.54, 1.807) is 0 Å². The minimum Gasteiger partial charge on any atom is -0.339 e. The van der Waals surface area contributed by atoms with E-state index in [-0.39, 0.29) is 29.3 Å². The first-order valence-electron chi connectivity index (χ1n) is 7.49. The Hall–Kier alpha value is -2.59. The van der Waals surface area contributed by atoms with Crippen LogP contribution in [0.25, 0.3) is 10.7 Å². The summed E-state index contributed by atoms with van der Waals surface area (Å²) < 4.78 is 41.9. The monoisotopic (exact) mass is 395 g/mol. The summed E-state index contributed by atoms with van der Waals surface area (Å²) in [4.78, 5) is 17.0. The Kier molecular flexibility index (Phi) is 5.14. The Morgan fingerprint density at radius 1 is 1.35 bits per heavy atom. The van der Waals surface area contributed by atoms with Crippen LogP contribution < -0.4 is 5.32 Å². The maximum Gasteiger partial charge on any atom is 0.227 e. The number of amides is 1. The first-order valence-corrected chi connectivity index (χ1v) is 10.3. The number of thiophene rings is 1. The fraction of sp³-hybridized carbons (Fsp3) is 0.188. The van der Waals surface area contributed by atoms with Crippen LogP contribution in [0.2, 0.25) is 0 Å². The van der Waals surface area contributed by atoms with Crippen LogP contribution in [0.5, 0.6) is 0 Å². The van der Waals surface area contributed by atoms with Gasteiger partial charge >= 0.3 is 0 Å². The molecule has 0 unspecified atom stereocenters. The second-order valence-electron chi connectivity index (χ2n) is 5.45. The summed E-state index contributed by atoms with van der Waals surface area (Å²) in [5, 5.41) is 8.09. The first kappa shape index (κ1) is 18.2. The molecule has 0 saturated carbocycles. The molecule has 2 heterocycles. The number of rotatable bonds is 6. The Labute approximate surface area is 152 Å². The summed E-state index contributed by atoms with van der Waals surface area (Å²) in [6.45, 7) is 0. The first-order chi connectivity index (χ1) is 12.3. The fourth-order valence-electron chi connectivity index (χ4n) is 2.13. The molecule has 1 N–H and O–H groups in total. The normalized spacial score (nSPS) is 11.5. The molecule has 1 amide bonds. The van der Waals surface area contributed by atoms with Gasteiger partial charge in [0.1, 0.15) is 5.82 Å². The molecule has 0 spiro atoms. The molecule has 3 aromatic rings. The lowest BCUT2D eigenvalue weighted by atomic mass is 10.2. The molecule has 3 rings (SSSR count). The Morgan fingerprint density at radius 3 is 2.85 bits per heavy atom. The molecule has 0 bridgehead atoms. The highest BCUT2D eigenvalue weighted by Crippen LogP contribution is 2.22. The number of nitrogens with zero attached hydrogens (tertiary/aromatic N) is 2. The Balaban J connectivity index is 1.63. The lowest BCUT2D eigenvalue weighted by Crippen LogP contribution is -2.14. The third-order valence-corrected chi connectivity index (χ3v) is 5.39. The Bertz CT molecular complexity index is 1030. The zero-order chi connectivity index (χ0) is 18.7. The van der Waals surface area contributed by atoms with Crippen LogP contribution in [0.3, 0.4) is 0 Å². The third kappa shape index (κ3) is 4.33. The number of hydrogen-bond donors (Lipinski definition) is 1. The molecule has 0 radical (unpaired) electrons. The molecule has 0 aliphatic rings. The zero-order valence-corrected chi connectivity index (χ0v) is 15.2. The van der Waals surface area contributed by atoms with Crippen molar-refractivity contribution in [3.8, 4) is 10.7 Å². The van der Waals surface area contributed by atoms with Crippen molar-refractivity contribution < 1.29 is 22.1 Å². The number of carbonyl (C=O) groups is 1. The van der Waals surface area contributed by atoms with Crippen LogP contribution in [0.4, 0.5) is 10.1 Å². The van der Waals surface area contributed by atoms with E-state index in [4.69, 9.17) is 4.52 Å². The van der Waals surface area contributed by atoms with Crippen molar-refractivity contribution in [2.24, 2.45) is 0 Å². The number of sulfone groups is 1. The summed E-state index contributed by atoms with van der Waals surface area (Å²) in [6.07, 6.45) is 1.17. The highest BCUT2D eigenvalue weighted by Gasteiger charge is 2.15. The fourth-order valence-corrected chi connectivity index (χ4v) is 3.42. The summed E-state index contributed by atoms with van der Waals surface area (Å²) >= 11 is 1.47. The van der Waals surface area contributed by atoms with E-state index < -0.39 is 21.6 Å². The predicted molar refractivity (Wildman–Crippen MR) is 94.1 cm³/mol. The summed E-state index contributed by atoms with van der Waals surface area (Å²) in [5.41, 5.74) is -0.192. The van der Waals surface area contributed by atoms with Crippen molar-refractivity contribution in [1.29, 1.82) is 0 Å². The van der Waals surface area contributed by atoms with E-state index in [2.05, 4.69) is 15.5 Å². The molecular weight excluding hydrogens is 381 g/mol. The molecule has 0 aliphatic heterocycles. The van der Waals surface area contributed by atoms with Crippen LogP contribution in [0.15, 0.2) is 45.1 Å². The quantitative estimate of drug-likeness (QED) is 0.644. The van der Waals surface area contributed by atoms with Gasteiger partial charge in [0.2, 0.25) is 17.6 Å². The van der Waals surface area contributed by atoms with Gasteiger partial charge in [0, 0.05) is 19.1 Å². The van der Waals surface area contributed by atoms with Crippen LogP contribution in [0, 0.1) is 5.82 Å². The molecule has 0 fully saturated rings. The van der Waals surface area contributed by atoms with E-state index in [1.807, 2.05) is 17.5 Å². The number of aromatic nitrogens is 2. The van der Waals surface area contributed by atoms with Crippen LogP contribution in [-0.4, -0.2) is 30.7 Å². The molecule has 7 nitrogen and oxygen atoms in total. The van der Waals surface area contributed by atoms with Gasteiger partial charge in [0.15, 0.2) is 9.84 Å². The van der Waals surface area contributed by atoms with Gasteiger partial charge in [-0.05, 0) is 29.6 Å². The summed E-state index contributed by atoms with van der Waals surface area (Å²) in [6, 6.07) is 6.94. The second-order valence-corrected chi connectivity index (χ2v) is 8.41. The molecule has 2 aromatic heterocycles. The van der Waals surface area contributed by atoms with Crippen LogP contribution in [-0.2, 0) is 21.1 Å². The molecule has 26 heavy (non-hydrogen) atoms. The van der Waals surface area contributed by atoms with Gasteiger partial charge in [-0.2, -0.15) is 4.98 Å². The number of aryl methyl sites for hydroxylation is 1. The van der Waals surface area contributed by atoms with Crippen molar-refractivity contribution >= 4 is 32.8 Å². The number of halogens is 1. The summed E-state index contributed by atoms with van der Waals surface area (Å²) in [5.74, 6) is -0.481. The predicted octanol–water partition coefficient (Wildman–Crippen LogP) is 2.91. The van der Waals surface area contributed by atoms with Crippen LogP contribution >= 0.6 is 11.3 Å². The lowest BCUT2D eigenvalue weighted by molar-refractivity contribution is -0.116. The minimum atomic E-state index is -3.50. The standard InChI is InChI=1S/C16H14FN3O4S2/c1-26(22,23)10-4-5-11(17)12(9-10)18-14(21)6-7-15-19-16(20-24-15)13-3-2-8-25-13/h2-5,8-9H,6-7H2,1H3,(H,18,21). The van der Waals surface area contributed by atoms with Gasteiger partial charge < -0.3 is 9.84 Å². The van der Waals surface area contributed by atoms with Gasteiger partial charge in [0.05, 0.1) is 15.5 Å². The van der Waals surface area contributed by atoms with Gasteiger partial charge in [0.25, 0.3) is 0 Å². The number of hydrogen-bond acceptors (Lipinski definition) is 7. The van der Waals surface area contributed by atoms with Crippen LogP contribution in [0.1, 0.15) is 12.3 Å². The molecule has 0 saturated heterocycles. The van der Waals surface area contributed by atoms with E-state index in [0.29, 0.717) is 5.82 Å². The molecule has 136 valence electrons. The van der Waals surface area contributed by atoms with E-state index in [1.165, 1.54) is 11.3 Å². The molecule has 0 aliphatic carbocycles. The van der Waals surface area contributed by atoms with Crippen molar-refractivity contribution in [2.75, 3.05) is 11.6 Å². The maximum absolute atomic E-state index is 13.8. The average molecular weight is 395 g/mol. The smallest absolute Gasteiger partial charge is 0.227 e. The van der Waals surface area contributed by atoms with Gasteiger partial charge in [-0.25, -0.2) is 12.8 Å². The average Bonchev–Trinajstić information content (AvgIpc) is 3.25. The van der Waals surface area contributed by atoms with Crippen molar-refractivity contribution in [1.82, 2.24) is 10.1 Å².